The lowest BCUT2D eigenvalue weighted by Crippen LogP contribution is -2.61. The minimum atomic E-state index is -2.73. The standard InChI is InChI=1S/C42H25Cl2F5N2O7/c43-41-16-26-24(11-12-25-28(26)38(55)50(37(25)54)22-8-6-19(7-9-22)36(53)18-4-2-1-3-5-18)29(21-14-20-15-23(52)10-13-27(20)58-17-21)42(41,44)40(57)51(39(41)56)35-33(48)31(46)30(45)32(47)34(35)49/h1-11,13,15,17,25-26,28-29,52H,12,14,16H2. The highest BCUT2D eigenvalue weighted by atomic mass is 35.5. The second kappa shape index (κ2) is 13.1. The van der Waals surface area contributed by atoms with Crippen LogP contribution < -0.4 is 14.5 Å². The van der Waals surface area contributed by atoms with E-state index in [4.69, 9.17) is 27.9 Å². The number of ketones is 1. The van der Waals surface area contributed by atoms with Crippen molar-refractivity contribution in [1.82, 2.24) is 0 Å². The van der Waals surface area contributed by atoms with E-state index in [0.717, 1.165) is 4.90 Å². The van der Waals surface area contributed by atoms with Crippen LogP contribution in [0.4, 0.5) is 33.3 Å². The molecule has 294 valence electrons. The number of rotatable bonds is 5. The second-order valence-electron chi connectivity index (χ2n) is 14.7. The first-order chi connectivity index (χ1) is 27.6. The molecule has 0 radical (unpaired) electrons. The molecule has 5 aliphatic rings. The minimum Gasteiger partial charge on any atom is -0.508 e. The number of hydrogen-bond acceptors (Lipinski definition) is 7. The lowest BCUT2D eigenvalue weighted by Gasteiger charge is -2.51. The molecule has 2 saturated heterocycles. The zero-order valence-corrected chi connectivity index (χ0v) is 31.0. The molecule has 6 unspecified atom stereocenters. The Hall–Kier alpha value is -5.86. The van der Waals surface area contributed by atoms with Crippen molar-refractivity contribution in [3.8, 4) is 11.5 Å². The smallest absolute Gasteiger partial charge is 0.258 e. The van der Waals surface area contributed by atoms with E-state index in [-0.39, 0.29) is 51.7 Å². The maximum absolute atomic E-state index is 15.4. The van der Waals surface area contributed by atoms with Crippen molar-refractivity contribution in [2.24, 2.45) is 23.7 Å². The number of anilines is 2. The number of benzene rings is 4. The number of hydrogen-bond donors (Lipinski definition) is 1. The normalized spacial score (nSPS) is 27.4. The molecule has 4 amide bonds. The zero-order chi connectivity index (χ0) is 41.2. The molecule has 1 saturated carbocycles. The lowest BCUT2D eigenvalue weighted by molar-refractivity contribution is -0.125. The van der Waals surface area contributed by atoms with Crippen LogP contribution in [0, 0.1) is 52.8 Å². The van der Waals surface area contributed by atoms with Crippen molar-refractivity contribution in [3.63, 3.8) is 0 Å². The first kappa shape index (κ1) is 37.7. The minimum absolute atomic E-state index is 0.0735. The van der Waals surface area contributed by atoms with Crippen molar-refractivity contribution in [1.29, 1.82) is 0 Å². The highest BCUT2D eigenvalue weighted by molar-refractivity contribution is 6.58. The Balaban J connectivity index is 1.15. The van der Waals surface area contributed by atoms with Crippen LogP contribution in [0.3, 0.4) is 0 Å². The maximum atomic E-state index is 15.4. The van der Waals surface area contributed by atoms with Crippen LogP contribution in [0.25, 0.3) is 0 Å². The van der Waals surface area contributed by atoms with E-state index in [1.54, 1.807) is 36.4 Å². The van der Waals surface area contributed by atoms with Crippen molar-refractivity contribution in [2.75, 3.05) is 9.80 Å². The average Bonchev–Trinajstić information content (AvgIpc) is 3.56. The predicted octanol–water partition coefficient (Wildman–Crippen LogP) is 7.44. The Morgan fingerprint density at radius 3 is 2.07 bits per heavy atom. The van der Waals surface area contributed by atoms with Gasteiger partial charge in [-0.2, -0.15) is 0 Å². The first-order valence-electron chi connectivity index (χ1n) is 17.8. The Morgan fingerprint density at radius 2 is 1.40 bits per heavy atom. The third kappa shape index (κ3) is 5.03. The molecule has 9 nitrogen and oxygen atoms in total. The number of amides is 4. The van der Waals surface area contributed by atoms with Crippen molar-refractivity contribution < 1.29 is 55.8 Å². The summed E-state index contributed by atoms with van der Waals surface area (Å²) in [5.41, 5.74) is -0.254. The predicted molar refractivity (Wildman–Crippen MR) is 197 cm³/mol. The molecule has 0 bridgehead atoms. The van der Waals surface area contributed by atoms with E-state index >= 15 is 8.78 Å². The van der Waals surface area contributed by atoms with Gasteiger partial charge in [0.1, 0.15) is 17.2 Å². The number of nitrogens with zero attached hydrogens (tertiary/aromatic N) is 2. The summed E-state index contributed by atoms with van der Waals surface area (Å²) in [4.78, 5) is 66.0. The molecule has 4 aromatic carbocycles. The fourth-order valence-electron chi connectivity index (χ4n) is 9.15. The molecule has 58 heavy (non-hydrogen) atoms. The highest BCUT2D eigenvalue weighted by Crippen LogP contribution is 2.65. The van der Waals surface area contributed by atoms with E-state index < -0.39 is 98.2 Å². The summed E-state index contributed by atoms with van der Waals surface area (Å²) in [5, 5.41) is 10.2. The summed E-state index contributed by atoms with van der Waals surface area (Å²) in [6.07, 6.45) is 1.93. The molecule has 0 spiro atoms. The number of halogens is 7. The van der Waals surface area contributed by atoms with Crippen molar-refractivity contribution in [3.05, 3.63) is 142 Å². The Bertz CT molecular complexity index is 2590. The number of carbonyl (C=O) groups excluding carboxylic acids is 5. The number of phenols is 1. The number of alkyl halides is 2. The van der Waals surface area contributed by atoms with Crippen molar-refractivity contribution in [2.45, 2.75) is 29.0 Å². The zero-order valence-electron chi connectivity index (χ0n) is 29.5. The van der Waals surface area contributed by atoms with Gasteiger partial charge in [-0.1, -0.05) is 42.0 Å². The number of ether oxygens (including phenoxy) is 1. The van der Waals surface area contributed by atoms with E-state index in [2.05, 4.69) is 0 Å². The van der Waals surface area contributed by atoms with Gasteiger partial charge in [-0.3, -0.25) is 28.9 Å². The molecule has 4 aromatic rings. The van der Waals surface area contributed by atoms with Crippen LogP contribution in [0.15, 0.2) is 96.3 Å². The number of phenolic OH excluding ortho intramolecular Hbond substituents is 1. The number of imide groups is 2. The van der Waals surface area contributed by atoms with Crippen LogP contribution >= 0.6 is 23.2 Å². The van der Waals surface area contributed by atoms with Gasteiger partial charge in [-0.15, -0.1) is 23.2 Å². The third-order valence-corrected chi connectivity index (χ3v) is 13.2. The summed E-state index contributed by atoms with van der Waals surface area (Å²) in [6, 6.07) is 18.4. The van der Waals surface area contributed by atoms with Gasteiger partial charge in [0.15, 0.2) is 38.8 Å². The molecule has 2 aliphatic carbocycles. The number of aromatic hydroxyl groups is 1. The van der Waals surface area contributed by atoms with E-state index in [9.17, 15) is 42.3 Å². The van der Waals surface area contributed by atoms with Gasteiger partial charge >= 0.3 is 0 Å². The van der Waals surface area contributed by atoms with Crippen LogP contribution in [0.2, 0.25) is 0 Å². The quantitative estimate of drug-likeness (QED) is 0.0422. The van der Waals surface area contributed by atoms with E-state index in [1.165, 1.54) is 48.7 Å². The van der Waals surface area contributed by atoms with E-state index in [0.29, 0.717) is 16.9 Å². The Labute approximate surface area is 334 Å². The summed E-state index contributed by atoms with van der Waals surface area (Å²) in [5.74, 6) is -22.0. The van der Waals surface area contributed by atoms with Crippen LogP contribution in [-0.2, 0) is 25.6 Å². The summed E-state index contributed by atoms with van der Waals surface area (Å²) >= 11 is 14.5. The van der Waals surface area contributed by atoms with Gasteiger partial charge in [0, 0.05) is 29.0 Å². The molecule has 6 atom stereocenters. The van der Waals surface area contributed by atoms with Gasteiger partial charge in [0.25, 0.3) is 11.8 Å². The summed E-state index contributed by atoms with van der Waals surface area (Å²) in [7, 11) is 0. The van der Waals surface area contributed by atoms with Gasteiger partial charge in [0.05, 0.1) is 23.8 Å². The molecule has 9 rings (SSSR count). The molecular weight excluding hydrogens is 810 g/mol. The monoisotopic (exact) mass is 834 g/mol. The van der Waals surface area contributed by atoms with Crippen LogP contribution in [-0.4, -0.2) is 44.3 Å². The van der Waals surface area contributed by atoms with Gasteiger partial charge in [0.2, 0.25) is 17.6 Å². The molecule has 16 heteroatoms. The number of fused-ring (bicyclic) bond motifs is 5. The van der Waals surface area contributed by atoms with Crippen LogP contribution in [0.5, 0.6) is 11.5 Å². The lowest BCUT2D eigenvalue weighted by atomic mass is 9.56. The van der Waals surface area contributed by atoms with Crippen molar-refractivity contribution >= 4 is 64.0 Å². The highest BCUT2D eigenvalue weighted by Gasteiger charge is 2.77. The van der Waals surface area contributed by atoms with Gasteiger partial charge in [-0.25, -0.2) is 26.9 Å². The topological polar surface area (TPSA) is 121 Å². The molecular formula is C42H25Cl2F5N2O7. The number of carbonyl (C=O) groups is 5. The largest absolute Gasteiger partial charge is 0.508 e. The first-order valence-corrected chi connectivity index (χ1v) is 18.6. The summed E-state index contributed by atoms with van der Waals surface area (Å²) in [6.45, 7) is 0. The molecule has 0 aromatic heterocycles. The van der Waals surface area contributed by atoms with Gasteiger partial charge < -0.3 is 9.84 Å². The van der Waals surface area contributed by atoms with E-state index in [1.807, 2.05) is 0 Å². The fourth-order valence-corrected chi connectivity index (χ4v) is 10.1. The second-order valence-corrected chi connectivity index (χ2v) is 16.0. The summed E-state index contributed by atoms with van der Waals surface area (Å²) < 4.78 is 79.9. The fraction of sp³-hybridized carbons (Fsp3) is 0.214. The molecule has 1 N–H and O–H groups in total. The average molecular weight is 836 g/mol. The maximum Gasteiger partial charge on any atom is 0.258 e. The third-order valence-electron chi connectivity index (χ3n) is 11.8. The van der Waals surface area contributed by atoms with Gasteiger partial charge in [-0.05, 0) is 66.8 Å². The number of allylic oxidation sites excluding steroid dienone is 3. The Morgan fingerprint density at radius 1 is 0.759 bits per heavy atom. The molecule has 3 aliphatic heterocycles. The molecule has 3 fully saturated rings. The Kier molecular flexibility index (Phi) is 8.50. The SMILES string of the molecule is O=C(c1ccccc1)c1ccc(N2C(=O)C3CC=C4C(CC5(Cl)C(=O)N(c6c(F)c(F)c(F)c(F)c6F)C(=O)C5(Cl)C4C4=COc5ccc(O)cc5C4)C3C2=O)cc1. The molecule has 3 heterocycles. The van der Waals surface area contributed by atoms with Crippen LogP contribution in [0.1, 0.15) is 34.3 Å².